The SMILES string of the molecule is COc1cc(C[C@H]2CC(CNCCc3c[nH]c4ccc(F)cc34)=NO2)cc2c1OCO2. The molecule has 0 aliphatic carbocycles. The topological polar surface area (TPSA) is 77.1 Å². The van der Waals surface area contributed by atoms with E-state index in [1.54, 1.807) is 19.2 Å². The number of H-pyrrole nitrogens is 1. The molecule has 162 valence electrons. The van der Waals surface area contributed by atoms with E-state index in [-0.39, 0.29) is 18.7 Å². The summed E-state index contributed by atoms with van der Waals surface area (Å²) in [7, 11) is 1.62. The number of ether oxygens (including phenoxy) is 3. The number of hydrogen-bond acceptors (Lipinski definition) is 6. The van der Waals surface area contributed by atoms with Crippen molar-refractivity contribution in [3.63, 3.8) is 0 Å². The highest BCUT2D eigenvalue weighted by Gasteiger charge is 2.25. The highest BCUT2D eigenvalue weighted by atomic mass is 19.1. The molecular formula is C23H24FN3O4. The summed E-state index contributed by atoms with van der Waals surface area (Å²) in [6.45, 7) is 1.64. The molecule has 2 N–H and O–H groups in total. The Hall–Kier alpha value is -3.26. The molecule has 0 amide bonds. The highest BCUT2D eigenvalue weighted by Crippen LogP contribution is 2.42. The lowest BCUT2D eigenvalue weighted by atomic mass is 10.0. The van der Waals surface area contributed by atoms with Crippen LogP contribution in [0.5, 0.6) is 17.2 Å². The van der Waals surface area contributed by atoms with E-state index in [9.17, 15) is 4.39 Å². The number of nitrogens with one attached hydrogen (secondary N) is 2. The van der Waals surface area contributed by atoms with Crippen molar-refractivity contribution in [1.82, 2.24) is 10.3 Å². The molecule has 2 aliphatic heterocycles. The van der Waals surface area contributed by atoms with Crippen molar-refractivity contribution in [2.45, 2.75) is 25.4 Å². The molecule has 31 heavy (non-hydrogen) atoms. The summed E-state index contributed by atoms with van der Waals surface area (Å²) in [6.07, 6.45) is 4.21. The molecule has 3 heterocycles. The first-order valence-corrected chi connectivity index (χ1v) is 10.3. The van der Waals surface area contributed by atoms with Crippen LogP contribution in [-0.4, -0.2) is 43.8 Å². The van der Waals surface area contributed by atoms with E-state index in [2.05, 4.69) is 15.5 Å². The third-order valence-corrected chi connectivity index (χ3v) is 5.61. The fourth-order valence-corrected chi connectivity index (χ4v) is 4.08. The Balaban J connectivity index is 1.10. The third-order valence-electron chi connectivity index (χ3n) is 5.61. The number of nitrogens with zero attached hydrogens (tertiary/aromatic N) is 1. The number of oxime groups is 1. The third kappa shape index (κ3) is 4.16. The lowest BCUT2D eigenvalue weighted by molar-refractivity contribution is 0.0858. The van der Waals surface area contributed by atoms with Gasteiger partial charge in [0.2, 0.25) is 12.5 Å². The van der Waals surface area contributed by atoms with Crippen LogP contribution >= 0.6 is 0 Å². The summed E-state index contributed by atoms with van der Waals surface area (Å²) in [6, 6.07) is 8.73. The van der Waals surface area contributed by atoms with Gasteiger partial charge in [-0.05, 0) is 54.4 Å². The zero-order chi connectivity index (χ0) is 21.2. The largest absolute Gasteiger partial charge is 0.493 e. The van der Waals surface area contributed by atoms with Crippen LogP contribution in [0.2, 0.25) is 0 Å². The van der Waals surface area contributed by atoms with E-state index >= 15 is 0 Å². The summed E-state index contributed by atoms with van der Waals surface area (Å²) in [4.78, 5) is 8.81. The molecule has 3 aromatic rings. The van der Waals surface area contributed by atoms with Crippen molar-refractivity contribution in [3.05, 3.63) is 53.5 Å². The van der Waals surface area contributed by atoms with Gasteiger partial charge in [0.15, 0.2) is 11.5 Å². The first-order valence-electron chi connectivity index (χ1n) is 10.3. The normalized spacial score (nSPS) is 17.1. The van der Waals surface area contributed by atoms with E-state index in [0.29, 0.717) is 30.2 Å². The molecule has 1 atom stereocenters. The first-order chi connectivity index (χ1) is 15.2. The molecule has 2 aromatic carbocycles. The maximum absolute atomic E-state index is 13.5. The number of rotatable bonds is 8. The monoisotopic (exact) mass is 425 g/mol. The number of benzene rings is 2. The van der Waals surface area contributed by atoms with Gasteiger partial charge in [-0.3, -0.25) is 0 Å². The Labute approximate surface area is 179 Å². The van der Waals surface area contributed by atoms with Crippen molar-refractivity contribution < 1.29 is 23.4 Å². The second-order valence-corrected chi connectivity index (χ2v) is 7.76. The molecule has 0 bridgehead atoms. The van der Waals surface area contributed by atoms with E-state index in [1.807, 2.05) is 18.3 Å². The van der Waals surface area contributed by atoms with Crippen LogP contribution in [0.15, 0.2) is 41.7 Å². The molecule has 0 unspecified atom stereocenters. The second-order valence-electron chi connectivity index (χ2n) is 7.76. The van der Waals surface area contributed by atoms with Gasteiger partial charge >= 0.3 is 0 Å². The van der Waals surface area contributed by atoms with Gasteiger partial charge in [-0.1, -0.05) is 5.16 Å². The minimum absolute atomic E-state index is 0.0153. The van der Waals surface area contributed by atoms with E-state index in [4.69, 9.17) is 19.0 Å². The minimum Gasteiger partial charge on any atom is -0.493 e. The number of aromatic nitrogens is 1. The van der Waals surface area contributed by atoms with Gasteiger partial charge in [0.05, 0.1) is 12.8 Å². The summed E-state index contributed by atoms with van der Waals surface area (Å²) < 4.78 is 29.8. The zero-order valence-electron chi connectivity index (χ0n) is 17.2. The van der Waals surface area contributed by atoms with Crippen LogP contribution in [0.4, 0.5) is 4.39 Å². The van der Waals surface area contributed by atoms with Crippen molar-refractivity contribution in [3.8, 4) is 17.2 Å². The molecule has 0 saturated heterocycles. The predicted molar refractivity (Wildman–Crippen MR) is 115 cm³/mol. The molecule has 0 spiro atoms. The van der Waals surface area contributed by atoms with Crippen molar-refractivity contribution in [2.75, 3.05) is 27.0 Å². The first kappa shape index (κ1) is 19.7. The van der Waals surface area contributed by atoms with Crippen LogP contribution < -0.4 is 19.5 Å². The van der Waals surface area contributed by atoms with Crippen LogP contribution in [0.25, 0.3) is 10.9 Å². The molecule has 0 radical (unpaired) electrons. The Morgan fingerprint density at radius 2 is 2.19 bits per heavy atom. The average molecular weight is 425 g/mol. The highest BCUT2D eigenvalue weighted by molar-refractivity contribution is 5.87. The summed E-state index contributed by atoms with van der Waals surface area (Å²) in [5.41, 5.74) is 4.10. The van der Waals surface area contributed by atoms with Crippen molar-refractivity contribution in [1.29, 1.82) is 0 Å². The molecule has 5 rings (SSSR count). The quantitative estimate of drug-likeness (QED) is 0.540. The van der Waals surface area contributed by atoms with E-state index in [0.717, 1.165) is 47.1 Å². The van der Waals surface area contributed by atoms with Gasteiger partial charge in [0, 0.05) is 36.5 Å². The van der Waals surface area contributed by atoms with Gasteiger partial charge in [0.1, 0.15) is 11.9 Å². The fraction of sp³-hybridized carbons (Fsp3) is 0.348. The molecule has 8 heteroatoms. The standard InChI is InChI=1S/C23H24FN3O4/c1-28-21-7-14(8-22-23(21)30-13-29-22)6-18-10-17(27-31-18)12-25-5-4-15-11-26-20-3-2-16(24)9-19(15)20/h2-3,7-9,11,18,25-26H,4-6,10,12-13H2,1H3/t18-/m0/s1. The lowest BCUT2D eigenvalue weighted by Gasteiger charge is -2.11. The average Bonchev–Trinajstić information content (AvgIpc) is 3.51. The van der Waals surface area contributed by atoms with Crippen molar-refractivity contribution in [2.24, 2.45) is 5.16 Å². The number of hydrogen-bond donors (Lipinski definition) is 2. The Morgan fingerprint density at radius 1 is 1.26 bits per heavy atom. The number of methoxy groups -OCH3 is 1. The fourth-order valence-electron chi connectivity index (χ4n) is 4.08. The zero-order valence-corrected chi connectivity index (χ0v) is 17.2. The number of halogens is 1. The van der Waals surface area contributed by atoms with Crippen LogP contribution in [0.3, 0.4) is 0 Å². The summed E-state index contributed by atoms with van der Waals surface area (Å²) >= 11 is 0. The number of aromatic amines is 1. The maximum Gasteiger partial charge on any atom is 0.231 e. The number of fused-ring (bicyclic) bond motifs is 2. The molecule has 2 aliphatic rings. The molecule has 1 aromatic heterocycles. The van der Waals surface area contributed by atoms with Gasteiger partial charge in [-0.25, -0.2) is 4.39 Å². The molecule has 0 fully saturated rings. The smallest absolute Gasteiger partial charge is 0.231 e. The molecule has 7 nitrogen and oxygen atoms in total. The van der Waals surface area contributed by atoms with Gasteiger partial charge in [-0.15, -0.1) is 0 Å². The molecule has 0 saturated carbocycles. The Kier molecular flexibility index (Phi) is 5.38. The van der Waals surface area contributed by atoms with Crippen LogP contribution in [0, 0.1) is 5.82 Å². The van der Waals surface area contributed by atoms with Crippen molar-refractivity contribution >= 4 is 16.6 Å². The van der Waals surface area contributed by atoms with Gasteiger partial charge in [0.25, 0.3) is 0 Å². The summed E-state index contributed by atoms with van der Waals surface area (Å²) in [5, 5.41) is 8.58. The van der Waals surface area contributed by atoms with Crippen LogP contribution in [0.1, 0.15) is 17.5 Å². The van der Waals surface area contributed by atoms with Crippen LogP contribution in [-0.2, 0) is 17.7 Å². The lowest BCUT2D eigenvalue weighted by Crippen LogP contribution is -2.25. The predicted octanol–water partition coefficient (Wildman–Crippen LogP) is 3.56. The second kappa shape index (κ2) is 8.47. The maximum atomic E-state index is 13.5. The Morgan fingerprint density at radius 3 is 3.10 bits per heavy atom. The molecular weight excluding hydrogens is 401 g/mol. The van der Waals surface area contributed by atoms with E-state index in [1.165, 1.54) is 6.07 Å². The van der Waals surface area contributed by atoms with Gasteiger partial charge in [-0.2, -0.15) is 0 Å². The summed E-state index contributed by atoms with van der Waals surface area (Å²) in [5.74, 6) is 1.80. The van der Waals surface area contributed by atoms with E-state index < -0.39 is 0 Å². The Bertz CT molecular complexity index is 1130. The minimum atomic E-state index is -0.218. The van der Waals surface area contributed by atoms with Gasteiger partial charge < -0.3 is 29.3 Å².